The Labute approximate surface area is 157 Å². The number of aromatic nitrogens is 1. The van der Waals surface area contributed by atoms with Gasteiger partial charge in [-0.15, -0.1) is 12.4 Å². The van der Waals surface area contributed by atoms with Gasteiger partial charge in [-0.1, -0.05) is 6.07 Å². The van der Waals surface area contributed by atoms with E-state index < -0.39 is 0 Å². The van der Waals surface area contributed by atoms with E-state index in [-0.39, 0.29) is 23.9 Å². The first-order chi connectivity index (χ1) is 12.1. The predicted molar refractivity (Wildman–Crippen MR) is 101 cm³/mol. The maximum Gasteiger partial charge on any atom is 0.203 e. The van der Waals surface area contributed by atoms with E-state index in [9.17, 15) is 10.2 Å². The van der Waals surface area contributed by atoms with Gasteiger partial charge in [-0.3, -0.25) is 4.98 Å². The number of ether oxygens (including phenoxy) is 3. The van der Waals surface area contributed by atoms with E-state index in [2.05, 4.69) is 4.98 Å². The van der Waals surface area contributed by atoms with Crippen LogP contribution in [0, 0.1) is 0 Å². The fourth-order valence-electron chi connectivity index (χ4n) is 2.88. The molecule has 0 aliphatic rings. The largest absolute Gasteiger partial charge is 0.504 e. The molecule has 7 heteroatoms. The van der Waals surface area contributed by atoms with E-state index in [4.69, 9.17) is 14.2 Å². The van der Waals surface area contributed by atoms with Crippen molar-refractivity contribution in [2.75, 3.05) is 21.3 Å². The lowest BCUT2D eigenvalue weighted by Gasteiger charge is -2.15. The van der Waals surface area contributed by atoms with Crippen LogP contribution in [0.5, 0.6) is 28.7 Å². The fraction of sp³-hybridized carbons (Fsp3) is 0.211. The van der Waals surface area contributed by atoms with Gasteiger partial charge in [0, 0.05) is 17.8 Å². The molecule has 0 fully saturated rings. The maximum atomic E-state index is 10.0. The highest BCUT2D eigenvalue weighted by Gasteiger charge is 2.15. The van der Waals surface area contributed by atoms with Gasteiger partial charge in [-0.05, 0) is 41.1 Å². The molecule has 0 spiro atoms. The minimum absolute atomic E-state index is 0. The second kappa shape index (κ2) is 8.01. The van der Waals surface area contributed by atoms with Crippen molar-refractivity contribution in [1.82, 2.24) is 4.98 Å². The lowest BCUT2D eigenvalue weighted by molar-refractivity contribution is 0.324. The summed E-state index contributed by atoms with van der Waals surface area (Å²) in [6.45, 7) is 0. The molecule has 2 aromatic carbocycles. The van der Waals surface area contributed by atoms with Crippen molar-refractivity contribution in [1.29, 1.82) is 0 Å². The molecule has 138 valence electrons. The first-order valence-corrected chi connectivity index (χ1v) is 7.65. The summed E-state index contributed by atoms with van der Waals surface area (Å²) in [7, 11) is 4.70. The molecule has 0 saturated heterocycles. The van der Waals surface area contributed by atoms with Gasteiger partial charge in [0.25, 0.3) is 0 Å². The number of nitrogens with zero attached hydrogens (tertiary/aromatic N) is 1. The zero-order chi connectivity index (χ0) is 18.0. The molecule has 3 aromatic rings. The number of hydrogen-bond acceptors (Lipinski definition) is 6. The molecule has 2 N–H and O–H groups in total. The molecule has 3 rings (SSSR count). The van der Waals surface area contributed by atoms with Gasteiger partial charge in [-0.25, -0.2) is 0 Å². The van der Waals surface area contributed by atoms with Crippen LogP contribution < -0.4 is 14.2 Å². The van der Waals surface area contributed by atoms with Crippen LogP contribution in [0.2, 0.25) is 0 Å². The van der Waals surface area contributed by atoms with Gasteiger partial charge >= 0.3 is 0 Å². The molecule has 0 bridgehead atoms. The highest BCUT2D eigenvalue weighted by molar-refractivity contribution is 5.92. The molecule has 0 unspecified atom stereocenters. The number of hydrogen-bond donors (Lipinski definition) is 2. The van der Waals surface area contributed by atoms with E-state index >= 15 is 0 Å². The average molecular weight is 378 g/mol. The summed E-state index contributed by atoms with van der Waals surface area (Å²) in [5.74, 6) is 1.35. The van der Waals surface area contributed by atoms with Crippen LogP contribution in [-0.2, 0) is 6.42 Å². The summed E-state index contributed by atoms with van der Waals surface area (Å²) in [4.78, 5) is 4.17. The van der Waals surface area contributed by atoms with Crippen molar-refractivity contribution >= 4 is 23.2 Å². The van der Waals surface area contributed by atoms with Crippen LogP contribution in [0.4, 0.5) is 0 Å². The van der Waals surface area contributed by atoms with E-state index in [1.165, 1.54) is 12.3 Å². The van der Waals surface area contributed by atoms with Gasteiger partial charge in [0.15, 0.2) is 23.0 Å². The standard InChI is InChI=1S/C19H19NO5.ClH/c1-23-16-7-11(8-17(24-2)19(16)25-3)6-12-9-20-10-14-13(12)4-5-15(21)18(14)22;/h4-5,7-10,21-22H,6H2,1-3H3;1H. The lowest BCUT2D eigenvalue weighted by Crippen LogP contribution is -1.98. The Morgan fingerprint density at radius 1 is 0.885 bits per heavy atom. The Morgan fingerprint density at radius 3 is 2.12 bits per heavy atom. The van der Waals surface area contributed by atoms with Crippen molar-refractivity contribution in [3.8, 4) is 28.7 Å². The van der Waals surface area contributed by atoms with Crippen molar-refractivity contribution in [2.45, 2.75) is 6.42 Å². The zero-order valence-corrected chi connectivity index (χ0v) is 15.5. The summed E-state index contributed by atoms with van der Waals surface area (Å²) in [6, 6.07) is 6.98. The summed E-state index contributed by atoms with van der Waals surface area (Å²) >= 11 is 0. The fourth-order valence-corrected chi connectivity index (χ4v) is 2.88. The summed E-state index contributed by atoms with van der Waals surface area (Å²) < 4.78 is 16.1. The van der Waals surface area contributed by atoms with Crippen molar-refractivity contribution in [3.63, 3.8) is 0 Å². The van der Waals surface area contributed by atoms with E-state index in [0.29, 0.717) is 29.1 Å². The average Bonchev–Trinajstić information content (AvgIpc) is 2.64. The lowest BCUT2D eigenvalue weighted by atomic mass is 9.99. The molecule has 6 nitrogen and oxygen atoms in total. The number of phenols is 2. The number of fused-ring (bicyclic) bond motifs is 1. The number of aromatic hydroxyl groups is 2. The Bertz CT molecular complexity index is 904. The topological polar surface area (TPSA) is 81.0 Å². The normalized spacial score (nSPS) is 10.3. The molecular weight excluding hydrogens is 358 g/mol. The Balaban J connectivity index is 0.00000243. The van der Waals surface area contributed by atoms with Crippen molar-refractivity contribution in [3.05, 3.63) is 47.8 Å². The summed E-state index contributed by atoms with van der Waals surface area (Å²) in [6.07, 6.45) is 3.82. The van der Waals surface area contributed by atoms with Crippen LogP contribution in [0.1, 0.15) is 11.1 Å². The Kier molecular flexibility index (Phi) is 6.00. The number of pyridine rings is 1. The second-order valence-electron chi connectivity index (χ2n) is 5.54. The van der Waals surface area contributed by atoms with Crippen molar-refractivity contribution < 1.29 is 24.4 Å². The molecule has 1 aromatic heterocycles. The highest BCUT2D eigenvalue weighted by Crippen LogP contribution is 2.39. The minimum atomic E-state index is -0.170. The Morgan fingerprint density at radius 2 is 1.54 bits per heavy atom. The van der Waals surface area contributed by atoms with Crippen molar-refractivity contribution in [2.24, 2.45) is 0 Å². The molecule has 0 amide bonds. The second-order valence-corrected chi connectivity index (χ2v) is 5.54. The summed E-state index contributed by atoms with van der Waals surface area (Å²) in [5.41, 5.74) is 1.85. The third-order valence-corrected chi connectivity index (χ3v) is 4.09. The maximum absolute atomic E-state index is 10.0. The first-order valence-electron chi connectivity index (χ1n) is 7.65. The highest BCUT2D eigenvalue weighted by atomic mass is 35.5. The smallest absolute Gasteiger partial charge is 0.203 e. The number of halogens is 1. The van der Waals surface area contributed by atoms with Crippen LogP contribution in [0.15, 0.2) is 36.7 Å². The van der Waals surface area contributed by atoms with Gasteiger partial charge in [0.05, 0.1) is 21.3 Å². The quantitative estimate of drug-likeness (QED) is 0.660. The zero-order valence-electron chi connectivity index (χ0n) is 14.6. The van der Waals surface area contributed by atoms with Crippen LogP contribution >= 0.6 is 12.4 Å². The molecular formula is C19H20ClNO5. The summed E-state index contributed by atoms with van der Waals surface area (Å²) in [5, 5.41) is 21.0. The van der Waals surface area contributed by atoms with Gasteiger partial charge < -0.3 is 24.4 Å². The molecule has 0 aliphatic heterocycles. The predicted octanol–water partition coefficient (Wildman–Crippen LogP) is 3.68. The Hall–Kier alpha value is -2.86. The molecule has 0 radical (unpaired) electrons. The molecule has 0 saturated carbocycles. The monoisotopic (exact) mass is 377 g/mol. The molecule has 26 heavy (non-hydrogen) atoms. The number of rotatable bonds is 5. The van der Waals surface area contributed by atoms with Crippen LogP contribution in [0.3, 0.4) is 0 Å². The minimum Gasteiger partial charge on any atom is -0.504 e. The first kappa shape index (κ1) is 19.5. The van der Waals surface area contributed by atoms with E-state index in [1.807, 2.05) is 12.1 Å². The molecule has 1 heterocycles. The number of phenolic OH excluding ortho intramolecular Hbond substituents is 2. The molecule has 0 aliphatic carbocycles. The SMILES string of the molecule is COc1cc(Cc2cncc3c(O)c(O)ccc23)cc(OC)c1OC.Cl. The number of benzene rings is 2. The third kappa shape index (κ3) is 3.41. The third-order valence-electron chi connectivity index (χ3n) is 4.09. The van der Waals surface area contributed by atoms with Crippen LogP contribution in [-0.4, -0.2) is 36.5 Å². The van der Waals surface area contributed by atoms with Crippen LogP contribution in [0.25, 0.3) is 10.8 Å². The van der Waals surface area contributed by atoms with E-state index in [1.54, 1.807) is 33.6 Å². The van der Waals surface area contributed by atoms with Gasteiger partial charge in [0.1, 0.15) is 0 Å². The van der Waals surface area contributed by atoms with Gasteiger partial charge in [-0.2, -0.15) is 0 Å². The molecule has 0 atom stereocenters. The number of methoxy groups -OCH3 is 3. The van der Waals surface area contributed by atoms with Gasteiger partial charge in [0.2, 0.25) is 5.75 Å². The van der Waals surface area contributed by atoms with E-state index in [0.717, 1.165) is 16.5 Å².